The summed E-state index contributed by atoms with van der Waals surface area (Å²) in [6.45, 7) is 1.50. The lowest BCUT2D eigenvalue weighted by atomic mass is 10.1. The number of ketones is 1. The summed E-state index contributed by atoms with van der Waals surface area (Å²) < 4.78 is 10.2. The Morgan fingerprint density at radius 2 is 1.70 bits per heavy atom. The second-order valence-electron chi connectivity index (χ2n) is 4.74. The van der Waals surface area contributed by atoms with E-state index in [-0.39, 0.29) is 21.4 Å². The van der Waals surface area contributed by atoms with Crippen molar-refractivity contribution in [3.63, 3.8) is 0 Å². The maximum Gasteiger partial charge on any atom is 0.340 e. The summed E-state index contributed by atoms with van der Waals surface area (Å²) in [6.07, 6.45) is -0.953. The number of benzene rings is 2. The van der Waals surface area contributed by atoms with E-state index >= 15 is 0 Å². The van der Waals surface area contributed by atoms with Gasteiger partial charge in [0.15, 0.2) is 6.10 Å². The topological polar surface area (TPSA) is 52.6 Å². The lowest BCUT2D eigenvalue weighted by molar-refractivity contribution is 0.0319. The Bertz CT molecular complexity index is 726. The number of carbonyl (C=O) groups excluding carboxylic acids is 2. The minimum absolute atomic E-state index is 0.100. The maximum absolute atomic E-state index is 12.3. The van der Waals surface area contributed by atoms with Crippen LogP contribution in [-0.4, -0.2) is 25.0 Å². The Balaban J connectivity index is 2.11. The molecule has 0 bridgehead atoms. The molecule has 0 aromatic heterocycles. The largest absolute Gasteiger partial charge is 0.497 e. The molecule has 0 unspecified atom stereocenters. The summed E-state index contributed by atoms with van der Waals surface area (Å²) in [5.41, 5.74) is 0.539. The second-order valence-corrected chi connectivity index (χ2v) is 5.53. The molecule has 0 amide bonds. The van der Waals surface area contributed by atoms with Crippen LogP contribution in [0.4, 0.5) is 0 Å². The zero-order valence-electron chi connectivity index (χ0n) is 12.5. The highest BCUT2D eigenvalue weighted by atomic mass is 35.5. The van der Waals surface area contributed by atoms with Gasteiger partial charge in [-0.25, -0.2) is 4.79 Å². The van der Waals surface area contributed by atoms with Crippen molar-refractivity contribution in [3.05, 3.63) is 63.6 Å². The summed E-state index contributed by atoms with van der Waals surface area (Å²) in [5, 5.41) is 0.346. The molecule has 2 aromatic carbocycles. The quantitative estimate of drug-likeness (QED) is 0.589. The first-order valence-electron chi connectivity index (χ1n) is 6.77. The third-order valence-corrected chi connectivity index (χ3v) is 4.02. The molecule has 0 saturated carbocycles. The van der Waals surface area contributed by atoms with E-state index in [0.29, 0.717) is 11.3 Å². The molecular formula is C17H14Cl2O4. The van der Waals surface area contributed by atoms with E-state index in [1.165, 1.54) is 20.1 Å². The van der Waals surface area contributed by atoms with Gasteiger partial charge in [0.2, 0.25) is 5.78 Å². The fraction of sp³-hybridized carbons (Fsp3) is 0.176. The molecule has 0 spiro atoms. The summed E-state index contributed by atoms with van der Waals surface area (Å²) in [4.78, 5) is 24.4. The van der Waals surface area contributed by atoms with Crippen molar-refractivity contribution >= 4 is 35.0 Å². The predicted molar refractivity (Wildman–Crippen MR) is 88.7 cm³/mol. The molecular weight excluding hydrogens is 339 g/mol. The van der Waals surface area contributed by atoms with Crippen molar-refractivity contribution in [1.82, 2.24) is 0 Å². The van der Waals surface area contributed by atoms with Gasteiger partial charge in [-0.05, 0) is 43.3 Å². The standard InChI is InChI=1S/C17H14Cl2O4/c1-10(16(20)11-6-8-12(22-2)9-7-11)23-17(21)13-4-3-5-14(18)15(13)19/h3-10H,1-2H3/t10-/m1/s1. The Kier molecular flexibility index (Phi) is 5.64. The number of esters is 1. The van der Waals surface area contributed by atoms with Gasteiger partial charge in [-0.3, -0.25) is 4.79 Å². The van der Waals surface area contributed by atoms with E-state index in [1.54, 1.807) is 36.4 Å². The highest BCUT2D eigenvalue weighted by molar-refractivity contribution is 6.43. The minimum Gasteiger partial charge on any atom is -0.497 e. The van der Waals surface area contributed by atoms with Crippen LogP contribution < -0.4 is 4.74 Å². The molecule has 2 aromatic rings. The fourth-order valence-corrected chi connectivity index (χ4v) is 2.31. The number of ether oxygens (including phenoxy) is 2. The van der Waals surface area contributed by atoms with Gasteiger partial charge in [0.1, 0.15) is 5.75 Å². The van der Waals surface area contributed by atoms with E-state index in [0.717, 1.165) is 0 Å². The van der Waals surface area contributed by atoms with Gasteiger partial charge in [-0.15, -0.1) is 0 Å². The van der Waals surface area contributed by atoms with Crippen molar-refractivity contribution in [1.29, 1.82) is 0 Å². The van der Waals surface area contributed by atoms with Gasteiger partial charge in [-0.2, -0.15) is 0 Å². The average Bonchev–Trinajstić information content (AvgIpc) is 2.56. The number of hydrogen-bond acceptors (Lipinski definition) is 4. The van der Waals surface area contributed by atoms with E-state index in [2.05, 4.69) is 0 Å². The fourth-order valence-electron chi connectivity index (χ4n) is 1.93. The first-order valence-corrected chi connectivity index (χ1v) is 7.53. The lowest BCUT2D eigenvalue weighted by Gasteiger charge is -2.13. The summed E-state index contributed by atoms with van der Waals surface area (Å²) in [7, 11) is 1.54. The predicted octanol–water partition coefficient (Wildman–Crippen LogP) is 4.43. The van der Waals surface area contributed by atoms with Crippen LogP contribution in [-0.2, 0) is 4.74 Å². The Hall–Kier alpha value is -2.04. The van der Waals surface area contributed by atoms with Crippen LogP contribution in [0.25, 0.3) is 0 Å². The number of carbonyl (C=O) groups is 2. The monoisotopic (exact) mass is 352 g/mol. The van der Waals surface area contributed by atoms with Crippen LogP contribution in [0.3, 0.4) is 0 Å². The smallest absolute Gasteiger partial charge is 0.340 e. The molecule has 2 rings (SSSR count). The molecule has 120 valence electrons. The van der Waals surface area contributed by atoms with E-state index in [4.69, 9.17) is 32.7 Å². The summed E-state index contributed by atoms with van der Waals surface area (Å²) >= 11 is 11.8. The molecule has 0 aliphatic carbocycles. The van der Waals surface area contributed by atoms with Crippen LogP contribution in [0.2, 0.25) is 10.0 Å². The number of Topliss-reactive ketones (excluding diaryl/α,β-unsaturated/α-hetero) is 1. The van der Waals surface area contributed by atoms with Crippen molar-refractivity contribution < 1.29 is 19.1 Å². The Labute approximate surface area is 143 Å². The van der Waals surface area contributed by atoms with E-state index in [9.17, 15) is 9.59 Å². The molecule has 4 nitrogen and oxygen atoms in total. The van der Waals surface area contributed by atoms with Gasteiger partial charge >= 0.3 is 5.97 Å². The molecule has 0 saturated heterocycles. The highest BCUT2D eigenvalue weighted by Crippen LogP contribution is 2.26. The van der Waals surface area contributed by atoms with Gasteiger partial charge in [0.25, 0.3) is 0 Å². The molecule has 6 heteroatoms. The SMILES string of the molecule is COc1ccc(C(=O)[C@@H](C)OC(=O)c2cccc(Cl)c2Cl)cc1. The first-order chi connectivity index (χ1) is 10.9. The summed E-state index contributed by atoms with van der Waals surface area (Å²) in [5.74, 6) is -0.386. The second kappa shape index (κ2) is 7.49. The van der Waals surface area contributed by atoms with Gasteiger partial charge in [0.05, 0.1) is 22.7 Å². The highest BCUT2D eigenvalue weighted by Gasteiger charge is 2.22. The molecule has 0 aliphatic heterocycles. The van der Waals surface area contributed by atoms with Crippen molar-refractivity contribution in [2.45, 2.75) is 13.0 Å². The number of methoxy groups -OCH3 is 1. The van der Waals surface area contributed by atoms with E-state index < -0.39 is 12.1 Å². The zero-order chi connectivity index (χ0) is 17.0. The third-order valence-electron chi connectivity index (χ3n) is 3.20. The molecule has 23 heavy (non-hydrogen) atoms. The minimum atomic E-state index is -0.953. The van der Waals surface area contributed by atoms with Gasteiger partial charge in [0, 0.05) is 5.56 Å². The molecule has 0 N–H and O–H groups in total. The van der Waals surface area contributed by atoms with Crippen molar-refractivity contribution in [2.75, 3.05) is 7.11 Å². The van der Waals surface area contributed by atoms with E-state index in [1.807, 2.05) is 0 Å². The first kappa shape index (κ1) is 17.3. The normalized spacial score (nSPS) is 11.7. The molecule has 0 aliphatic rings. The van der Waals surface area contributed by atoms with Crippen LogP contribution in [0, 0.1) is 0 Å². The number of rotatable bonds is 5. The van der Waals surface area contributed by atoms with Gasteiger partial charge in [-0.1, -0.05) is 29.3 Å². The van der Waals surface area contributed by atoms with Crippen LogP contribution >= 0.6 is 23.2 Å². The maximum atomic E-state index is 12.3. The van der Waals surface area contributed by atoms with Gasteiger partial charge < -0.3 is 9.47 Å². The molecule has 0 radical (unpaired) electrons. The average molecular weight is 353 g/mol. The molecule has 1 atom stereocenters. The molecule has 0 heterocycles. The van der Waals surface area contributed by atoms with Crippen LogP contribution in [0.5, 0.6) is 5.75 Å². The third kappa shape index (κ3) is 4.03. The van der Waals surface area contributed by atoms with Crippen LogP contribution in [0.1, 0.15) is 27.6 Å². The van der Waals surface area contributed by atoms with Crippen LogP contribution in [0.15, 0.2) is 42.5 Å². The Morgan fingerprint density at radius 1 is 1.04 bits per heavy atom. The Morgan fingerprint density at radius 3 is 2.30 bits per heavy atom. The lowest BCUT2D eigenvalue weighted by Crippen LogP contribution is -2.24. The van der Waals surface area contributed by atoms with Crippen molar-refractivity contribution in [2.24, 2.45) is 0 Å². The number of halogens is 2. The molecule has 0 fully saturated rings. The van der Waals surface area contributed by atoms with Crippen molar-refractivity contribution in [3.8, 4) is 5.75 Å². The number of hydrogen-bond donors (Lipinski definition) is 0. The summed E-state index contributed by atoms with van der Waals surface area (Å²) in [6, 6.07) is 11.2. The zero-order valence-corrected chi connectivity index (χ0v) is 14.0.